The molecule has 112 valence electrons. The molecule has 2 amide bonds. The number of nitrogens with one attached hydrogen (secondary N) is 2. The maximum absolute atomic E-state index is 11.4. The van der Waals surface area contributed by atoms with Crippen LogP contribution in [0.1, 0.15) is 13.3 Å². The van der Waals surface area contributed by atoms with Crippen molar-refractivity contribution in [2.45, 2.75) is 19.4 Å². The van der Waals surface area contributed by atoms with E-state index < -0.39 is 27.9 Å². The van der Waals surface area contributed by atoms with Gasteiger partial charge in [-0.2, -0.15) is 11.8 Å². The van der Waals surface area contributed by atoms with E-state index in [0.29, 0.717) is 12.2 Å². The van der Waals surface area contributed by atoms with Crippen LogP contribution in [0.3, 0.4) is 0 Å². The van der Waals surface area contributed by atoms with Crippen LogP contribution in [-0.2, 0) is 14.6 Å². The number of rotatable bonds is 9. The van der Waals surface area contributed by atoms with Crippen LogP contribution in [0, 0.1) is 0 Å². The first-order valence-corrected chi connectivity index (χ1v) is 9.00. The lowest BCUT2D eigenvalue weighted by Gasteiger charge is -2.14. The third kappa shape index (κ3) is 8.71. The van der Waals surface area contributed by atoms with Gasteiger partial charge in [-0.1, -0.05) is 6.92 Å². The van der Waals surface area contributed by atoms with Gasteiger partial charge in [-0.25, -0.2) is 18.0 Å². The predicted octanol–water partition coefficient (Wildman–Crippen LogP) is -0.0734. The van der Waals surface area contributed by atoms with E-state index >= 15 is 0 Å². The van der Waals surface area contributed by atoms with Gasteiger partial charge in [0.2, 0.25) is 0 Å². The molecule has 0 aromatic rings. The summed E-state index contributed by atoms with van der Waals surface area (Å²) >= 11 is 1.48. The SMILES string of the molecule is CCS(=O)(=O)CCNC(=O)N[C@H](CCSC)C(=O)O. The molecule has 9 heteroatoms. The van der Waals surface area contributed by atoms with E-state index in [2.05, 4.69) is 10.6 Å². The molecule has 19 heavy (non-hydrogen) atoms. The van der Waals surface area contributed by atoms with Crippen LogP contribution in [0.4, 0.5) is 4.79 Å². The normalized spacial score (nSPS) is 12.7. The third-order valence-electron chi connectivity index (χ3n) is 2.35. The second kappa shape index (κ2) is 9.03. The molecule has 0 bridgehead atoms. The monoisotopic (exact) mass is 312 g/mol. The van der Waals surface area contributed by atoms with Crippen molar-refractivity contribution in [3.8, 4) is 0 Å². The van der Waals surface area contributed by atoms with E-state index in [0.717, 1.165) is 0 Å². The van der Waals surface area contributed by atoms with Crippen molar-refractivity contribution in [1.82, 2.24) is 10.6 Å². The Morgan fingerprint density at radius 1 is 1.37 bits per heavy atom. The van der Waals surface area contributed by atoms with Gasteiger partial charge in [0, 0.05) is 12.3 Å². The van der Waals surface area contributed by atoms with Gasteiger partial charge in [-0.3, -0.25) is 0 Å². The van der Waals surface area contributed by atoms with Gasteiger partial charge in [-0.05, 0) is 18.4 Å². The molecule has 0 aromatic carbocycles. The van der Waals surface area contributed by atoms with E-state index in [4.69, 9.17) is 5.11 Å². The van der Waals surface area contributed by atoms with E-state index in [9.17, 15) is 18.0 Å². The van der Waals surface area contributed by atoms with E-state index in [1.54, 1.807) is 0 Å². The number of thioether (sulfide) groups is 1. The minimum Gasteiger partial charge on any atom is -0.480 e. The van der Waals surface area contributed by atoms with Crippen molar-refractivity contribution in [2.24, 2.45) is 0 Å². The fourth-order valence-corrected chi connectivity index (χ4v) is 2.34. The number of carbonyl (C=O) groups excluding carboxylic acids is 1. The topological polar surface area (TPSA) is 113 Å². The quantitative estimate of drug-likeness (QED) is 0.549. The average Bonchev–Trinajstić information content (AvgIpc) is 2.33. The Morgan fingerprint density at radius 3 is 2.47 bits per heavy atom. The molecule has 0 aliphatic carbocycles. The van der Waals surface area contributed by atoms with Gasteiger partial charge < -0.3 is 15.7 Å². The molecule has 0 unspecified atom stereocenters. The standard InChI is InChI=1S/C10H20N2O5S2/c1-3-19(16,17)7-5-11-10(15)12-8(9(13)14)4-6-18-2/h8H,3-7H2,1-2H3,(H,13,14)(H2,11,12,15)/t8-/m1/s1. The van der Waals surface area contributed by atoms with Gasteiger partial charge in [0.1, 0.15) is 6.04 Å². The van der Waals surface area contributed by atoms with Crippen molar-refractivity contribution in [3.63, 3.8) is 0 Å². The number of hydrogen-bond donors (Lipinski definition) is 3. The molecule has 0 aromatic heterocycles. The predicted molar refractivity (Wildman–Crippen MR) is 75.3 cm³/mol. The highest BCUT2D eigenvalue weighted by Crippen LogP contribution is 2.00. The fourth-order valence-electron chi connectivity index (χ4n) is 1.17. The van der Waals surface area contributed by atoms with E-state index in [-0.39, 0.29) is 18.1 Å². The van der Waals surface area contributed by atoms with Gasteiger partial charge in [0.25, 0.3) is 0 Å². The summed E-state index contributed by atoms with van der Waals surface area (Å²) in [5.41, 5.74) is 0. The first-order chi connectivity index (χ1) is 8.82. The van der Waals surface area contributed by atoms with E-state index in [1.807, 2.05) is 6.26 Å². The summed E-state index contributed by atoms with van der Waals surface area (Å²) in [5, 5.41) is 13.5. The minimum atomic E-state index is -3.14. The maximum atomic E-state index is 11.4. The number of carboxylic acid groups (broad SMARTS) is 1. The van der Waals surface area contributed by atoms with Crippen LogP contribution in [0.15, 0.2) is 0 Å². The molecule has 3 N–H and O–H groups in total. The number of carboxylic acids is 1. The maximum Gasteiger partial charge on any atom is 0.326 e. The largest absolute Gasteiger partial charge is 0.480 e. The Kier molecular flexibility index (Phi) is 8.57. The fraction of sp³-hybridized carbons (Fsp3) is 0.800. The summed E-state index contributed by atoms with van der Waals surface area (Å²) in [6, 6.07) is -1.63. The van der Waals surface area contributed by atoms with Crippen molar-refractivity contribution < 1.29 is 23.1 Å². The van der Waals surface area contributed by atoms with Crippen LogP contribution in [0.2, 0.25) is 0 Å². The average molecular weight is 312 g/mol. The summed E-state index contributed by atoms with van der Waals surface area (Å²) in [4.78, 5) is 22.3. The van der Waals surface area contributed by atoms with Crippen molar-refractivity contribution >= 4 is 33.6 Å². The Hall–Kier alpha value is -0.960. The highest BCUT2D eigenvalue weighted by molar-refractivity contribution is 7.98. The van der Waals surface area contributed by atoms with E-state index in [1.165, 1.54) is 18.7 Å². The third-order valence-corrected chi connectivity index (χ3v) is 4.70. The second-order valence-electron chi connectivity index (χ2n) is 3.81. The summed E-state index contributed by atoms with van der Waals surface area (Å²) in [5.74, 6) is -0.631. The highest BCUT2D eigenvalue weighted by atomic mass is 32.2. The number of carbonyl (C=O) groups is 2. The molecule has 1 atom stereocenters. The summed E-state index contributed by atoms with van der Waals surface area (Å²) in [6.45, 7) is 1.50. The Balaban J connectivity index is 4.10. The molecule has 0 fully saturated rings. The first kappa shape index (κ1) is 18.0. The van der Waals surface area contributed by atoms with Crippen LogP contribution in [0.25, 0.3) is 0 Å². The number of urea groups is 1. The molecule has 0 radical (unpaired) electrons. The van der Waals surface area contributed by atoms with Crippen molar-refractivity contribution in [2.75, 3.05) is 30.1 Å². The van der Waals surface area contributed by atoms with Gasteiger partial charge >= 0.3 is 12.0 Å². The molecular weight excluding hydrogens is 292 g/mol. The molecule has 0 saturated heterocycles. The molecule has 0 spiro atoms. The molecule has 0 aliphatic rings. The first-order valence-electron chi connectivity index (χ1n) is 5.79. The number of hydrogen-bond acceptors (Lipinski definition) is 5. The van der Waals surface area contributed by atoms with Crippen molar-refractivity contribution in [3.05, 3.63) is 0 Å². The van der Waals surface area contributed by atoms with Crippen molar-refractivity contribution in [1.29, 1.82) is 0 Å². The Bertz CT molecular complexity index is 397. The molecule has 7 nitrogen and oxygen atoms in total. The Labute approximate surface area is 117 Å². The second-order valence-corrected chi connectivity index (χ2v) is 7.27. The number of aliphatic carboxylic acids is 1. The van der Waals surface area contributed by atoms with Crippen LogP contribution < -0.4 is 10.6 Å². The molecular formula is C10H20N2O5S2. The van der Waals surface area contributed by atoms with Gasteiger partial charge in [-0.15, -0.1) is 0 Å². The zero-order chi connectivity index (χ0) is 14.9. The van der Waals surface area contributed by atoms with Gasteiger partial charge in [0.15, 0.2) is 9.84 Å². The summed E-state index contributed by atoms with van der Waals surface area (Å²) < 4.78 is 22.4. The molecule has 0 aliphatic heterocycles. The number of sulfone groups is 1. The summed E-state index contributed by atoms with van der Waals surface area (Å²) in [7, 11) is -3.14. The smallest absolute Gasteiger partial charge is 0.326 e. The van der Waals surface area contributed by atoms with Crippen LogP contribution >= 0.6 is 11.8 Å². The van der Waals surface area contributed by atoms with Crippen LogP contribution in [0.5, 0.6) is 0 Å². The molecule has 0 heterocycles. The molecule has 0 rings (SSSR count). The lowest BCUT2D eigenvalue weighted by Crippen LogP contribution is -2.47. The lowest BCUT2D eigenvalue weighted by atomic mass is 10.2. The number of amides is 2. The Morgan fingerprint density at radius 2 is 2.00 bits per heavy atom. The lowest BCUT2D eigenvalue weighted by molar-refractivity contribution is -0.139. The highest BCUT2D eigenvalue weighted by Gasteiger charge is 2.19. The summed E-state index contributed by atoms with van der Waals surface area (Å²) in [6.07, 6.45) is 2.16. The minimum absolute atomic E-state index is 0.0156. The zero-order valence-corrected chi connectivity index (χ0v) is 12.6. The van der Waals surface area contributed by atoms with Gasteiger partial charge in [0.05, 0.1) is 5.75 Å². The van der Waals surface area contributed by atoms with Crippen LogP contribution in [-0.4, -0.2) is 61.6 Å². The zero-order valence-electron chi connectivity index (χ0n) is 11.0. The molecule has 0 saturated carbocycles.